The molecule has 1 fully saturated rings. The molecule has 0 aliphatic heterocycles. The van der Waals surface area contributed by atoms with Gasteiger partial charge in [-0.05, 0) is 25.7 Å². The van der Waals surface area contributed by atoms with Gasteiger partial charge >= 0.3 is 5.97 Å². The Bertz CT molecular complexity index is 508. The van der Waals surface area contributed by atoms with Gasteiger partial charge in [-0.1, -0.05) is 13.8 Å². The fourth-order valence-electron chi connectivity index (χ4n) is 2.31. The highest BCUT2D eigenvalue weighted by atomic mass is 32.1. The summed E-state index contributed by atoms with van der Waals surface area (Å²) in [6.07, 6.45) is 1.74. The van der Waals surface area contributed by atoms with Crippen molar-refractivity contribution in [1.82, 2.24) is 9.88 Å². The van der Waals surface area contributed by atoms with Gasteiger partial charge < -0.3 is 10.0 Å². The van der Waals surface area contributed by atoms with Gasteiger partial charge in [-0.3, -0.25) is 4.79 Å². The van der Waals surface area contributed by atoms with Gasteiger partial charge in [0.15, 0.2) is 0 Å². The van der Waals surface area contributed by atoms with Crippen LogP contribution in [-0.2, 0) is 16.1 Å². The van der Waals surface area contributed by atoms with E-state index in [2.05, 4.69) is 4.98 Å². The first-order chi connectivity index (χ1) is 9.40. The van der Waals surface area contributed by atoms with E-state index in [-0.39, 0.29) is 24.3 Å². The summed E-state index contributed by atoms with van der Waals surface area (Å²) in [5.74, 6) is -1.11. The van der Waals surface area contributed by atoms with E-state index in [0.29, 0.717) is 0 Å². The summed E-state index contributed by atoms with van der Waals surface area (Å²) in [7, 11) is 0. The zero-order chi connectivity index (χ0) is 14.9. The van der Waals surface area contributed by atoms with Crippen LogP contribution in [0.4, 0.5) is 0 Å². The van der Waals surface area contributed by atoms with Crippen LogP contribution >= 0.6 is 11.3 Å². The Hall–Kier alpha value is -1.43. The molecule has 1 aromatic heterocycles. The number of aryl methyl sites for hydroxylation is 1. The molecule has 0 spiro atoms. The average Bonchev–Trinajstić information content (AvgIpc) is 3.11. The number of carboxylic acid groups (broad SMARTS) is 1. The summed E-state index contributed by atoms with van der Waals surface area (Å²) in [5, 5.41) is 12.3. The third kappa shape index (κ3) is 3.36. The van der Waals surface area contributed by atoms with Gasteiger partial charge in [0.2, 0.25) is 5.91 Å². The van der Waals surface area contributed by atoms with Crippen molar-refractivity contribution in [1.29, 1.82) is 0 Å². The van der Waals surface area contributed by atoms with E-state index in [1.165, 1.54) is 16.2 Å². The minimum atomic E-state index is -0.944. The number of carbonyl (C=O) groups is 2. The van der Waals surface area contributed by atoms with Gasteiger partial charge in [-0.15, -0.1) is 11.3 Å². The standard InChI is InChI=1S/C14H20N2O3S/c1-8(2)12(14(18)19)16(13(17)10-4-5-10)6-11-7-20-9(3)15-11/h7-8,10,12H,4-6H2,1-3H3,(H,18,19). The maximum Gasteiger partial charge on any atom is 0.326 e. The Morgan fingerprint density at radius 2 is 2.15 bits per heavy atom. The lowest BCUT2D eigenvalue weighted by atomic mass is 10.0. The number of hydrogen-bond acceptors (Lipinski definition) is 4. The molecule has 0 radical (unpaired) electrons. The smallest absolute Gasteiger partial charge is 0.326 e. The highest BCUT2D eigenvalue weighted by Crippen LogP contribution is 2.33. The minimum Gasteiger partial charge on any atom is -0.480 e. The second-order valence-corrected chi connectivity index (χ2v) is 6.69. The molecule has 1 amide bonds. The van der Waals surface area contributed by atoms with Gasteiger partial charge in [0.1, 0.15) is 6.04 Å². The van der Waals surface area contributed by atoms with Crippen LogP contribution in [-0.4, -0.2) is 32.9 Å². The minimum absolute atomic E-state index is 0.00957. The second-order valence-electron chi connectivity index (χ2n) is 5.63. The largest absolute Gasteiger partial charge is 0.480 e. The first kappa shape index (κ1) is 15.0. The number of carboxylic acids is 1. The molecule has 1 atom stereocenters. The van der Waals surface area contributed by atoms with Crippen LogP contribution in [0.2, 0.25) is 0 Å². The predicted octanol–water partition coefficient (Wildman–Crippen LogP) is 2.30. The lowest BCUT2D eigenvalue weighted by Crippen LogP contribution is -2.48. The Labute approximate surface area is 122 Å². The van der Waals surface area contributed by atoms with Gasteiger partial charge in [-0.25, -0.2) is 9.78 Å². The Kier molecular flexibility index (Phi) is 4.42. The van der Waals surface area contributed by atoms with Crippen LogP contribution in [0.5, 0.6) is 0 Å². The highest BCUT2D eigenvalue weighted by Gasteiger charge is 2.40. The summed E-state index contributed by atoms with van der Waals surface area (Å²) in [5.41, 5.74) is 0.772. The molecule has 1 saturated carbocycles. The molecule has 110 valence electrons. The molecule has 5 nitrogen and oxygen atoms in total. The van der Waals surface area contributed by atoms with Crippen molar-refractivity contribution < 1.29 is 14.7 Å². The van der Waals surface area contributed by atoms with Crippen molar-refractivity contribution in [2.45, 2.75) is 46.2 Å². The van der Waals surface area contributed by atoms with E-state index < -0.39 is 12.0 Å². The Balaban J connectivity index is 2.23. The molecule has 0 saturated heterocycles. The molecule has 0 bridgehead atoms. The molecule has 1 heterocycles. The summed E-state index contributed by atoms with van der Waals surface area (Å²) in [4.78, 5) is 29.8. The van der Waals surface area contributed by atoms with Crippen LogP contribution in [0.25, 0.3) is 0 Å². The first-order valence-corrected chi connectivity index (χ1v) is 7.72. The number of amides is 1. The molecule has 1 N–H and O–H groups in total. The lowest BCUT2D eigenvalue weighted by molar-refractivity contribution is -0.153. The molecule has 2 rings (SSSR count). The molecular weight excluding hydrogens is 276 g/mol. The second kappa shape index (κ2) is 5.91. The molecule has 0 aromatic carbocycles. The van der Waals surface area contributed by atoms with Crippen LogP contribution in [0, 0.1) is 18.8 Å². The van der Waals surface area contributed by atoms with Crippen LogP contribution < -0.4 is 0 Å². The third-order valence-electron chi connectivity index (χ3n) is 3.43. The normalized spacial score (nSPS) is 16.2. The predicted molar refractivity (Wildman–Crippen MR) is 76.4 cm³/mol. The van der Waals surface area contributed by atoms with Gasteiger partial charge in [0.05, 0.1) is 17.2 Å². The Morgan fingerprint density at radius 3 is 2.55 bits per heavy atom. The average molecular weight is 296 g/mol. The van der Waals surface area contributed by atoms with Crippen molar-refractivity contribution in [3.63, 3.8) is 0 Å². The van der Waals surface area contributed by atoms with Gasteiger partial charge in [0.25, 0.3) is 0 Å². The molecule has 1 aliphatic rings. The quantitative estimate of drug-likeness (QED) is 0.874. The first-order valence-electron chi connectivity index (χ1n) is 6.84. The summed E-state index contributed by atoms with van der Waals surface area (Å²) >= 11 is 1.51. The van der Waals surface area contributed by atoms with Crippen molar-refractivity contribution in [3.8, 4) is 0 Å². The zero-order valence-electron chi connectivity index (χ0n) is 12.0. The van der Waals surface area contributed by atoms with Crippen molar-refractivity contribution in [2.75, 3.05) is 0 Å². The highest BCUT2D eigenvalue weighted by molar-refractivity contribution is 7.09. The van der Waals surface area contributed by atoms with E-state index in [0.717, 1.165) is 23.5 Å². The fraction of sp³-hybridized carbons (Fsp3) is 0.643. The maximum absolute atomic E-state index is 12.4. The number of thiazole rings is 1. The molecule has 6 heteroatoms. The summed E-state index contributed by atoms with van der Waals surface area (Å²) in [6, 6.07) is -0.787. The number of carbonyl (C=O) groups excluding carboxylic acids is 1. The van der Waals surface area contributed by atoms with Crippen LogP contribution in [0.15, 0.2) is 5.38 Å². The third-order valence-corrected chi connectivity index (χ3v) is 4.25. The molecule has 1 unspecified atom stereocenters. The Morgan fingerprint density at radius 1 is 1.50 bits per heavy atom. The van der Waals surface area contributed by atoms with Crippen molar-refractivity contribution in [2.24, 2.45) is 11.8 Å². The van der Waals surface area contributed by atoms with Crippen LogP contribution in [0.3, 0.4) is 0 Å². The van der Waals surface area contributed by atoms with E-state index >= 15 is 0 Å². The molecule has 20 heavy (non-hydrogen) atoms. The van der Waals surface area contributed by atoms with E-state index in [1.807, 2.05) is 26.2 Å². The van der Waals surface area contributed by atoms with E-state index in [9.17, 15) is 14.7 Å². The number of nitrogens with zero attached hydrogens (tertiary/aromatic N) is 2. The lowest BCUT2D eigenvalue weighted by Gasteiger charge is -2.31. The molecule has 1 aromatic rings. The van der Waals surface area contributed by atoms with Gasteiger partial charge in [0, 0.05) is 11.3 Å². The molecule has 1 aliphatic carbocycles. The fourth-order valence-corrected chi connectivity index (χ4v) is 2.92. The topological polar surface area (TPSA) is 70.5 Å². The number of aromatic nitrogens is 1. The molecular formula is C14H20N2O3S. The summed E-state index contributed by atoms with van der Waals surface area (Å²) < 4.78 is 0. The van der Waals surface area contributed by atoms with E-state index in [1.54, 1.807) is 0 Å². The number of hydrogen-bond donors (Lipinski definition) is 1. The summed E-state index contributed by atoms with van der Waals surface area (Å²) in [6.45, 7) is 5.85. The number of rotatable bonds is 6. The van der Waals surface area contributed by atoms with Crippen LogP contribution in [0.1, 0.15) is 37.4 Å². The van der Waals surface area contributed by atoms with E-state index in [4.69, 9.17) is 0 Å². The maximum atomic E-state index is 12.4. The van der Waals surface area contributed by atoms with Crippen molar-refractivity contribution in [3.05, 3.63) is 16.1 Å². The van der Waals surface area contributed by atoms with Gasteiger partial charge in [-0.2, -0.15) is 0 Å². The monoisotopic (exact) mass is 296 g/mol. The number of aliphatic carboxylic acids is 1. The zero-order valence-corrected chi connectivity index (χ0v) is 12.8. The van der Waals surface area contributed by atoms with Crippen molar-refractivity contribution >= 4 is 23.2 Å². The SMILES string of the molecule is Cc1nc(CN(C(=O)C2CC2)C(C(=O)O)C(C)C)cs1.